The number of rotatable bonds is 7. The first-order chi connectivity index (χ1) is 14.4. The number of halogens is 2. The molecule has 0 spiro atoms. The van der Waals surface area contributed by atoms with Crippen LogP contribution in [-0.2, 0) is 14.8 Å². The van der Waals surface area contributed by atoms with Gasteiger partial charge in [-0.25, -0.2) is 18.2 Å². The van der Waals surface area contributed by atoms with Crippen molar-refractivity contribution in [3.63, 3.8) is 0 Å². The van der Waals surface area contributed by atoms with Crippen LogP contribution >= 0.6 is 11.6 Å². The summed E-state index contributed by atoms with van der Waals surface area (Å²) < 4.78 is 40.4. The topological polar surface area (TPSA) is 78.8 Å². The Morgan fingerprint density at radius 1 is 1.00 bits per heavy atom. The van der Waals surface area contributed by atoms with E-state index in [4.69, 9.17) is 11.6 Å². The van der Waals surface area contributed by atoms with Crippen LogP contribution in [-0.4, -0.2) is 27.1 Å². The number of anilines is 1. The minimum Gasteiger partial charge on any atom is -0.271 e. The molecular formula is C21H17ClFN3O3S. The molecule has 3 aromatic rings. The molecule has 0 heterocycles. The Kier molecular flexibility index (Phi) is 6.81. The summed E-state index contributed by atoms with van der Waals surface area (Å²) in [6, 6.07) is 19.4. The molecule has 3 rings (SSSR count). The van der Waals surface area contributed by atoms with Crippen molar-refractivity contribution in [2.75, 3.05) is 10.8 Å². The van der Waals surface area contributed by atoms with Gasteiger partial charge in [-0.15, -0.1) is 0 Å². The molecule has 0 aromatic heterocycles. The molecule has 1 amide bonds. The number of carbonyl (C=O) groups excluding carboxylic acids is 1. The van der Waals surface area contributed by atoms with E-state index in [2.05, 4.69) is 10.5 Å². The molecule has 0 aliphatic carbocycles. The Balaban J connectivity index is 1.83. The maximum Gasteiger partial charge on any atom is 0.264 e. The van der Waals surface area contributed by atoms with Gasteiger partial charge >= 0.3 is 0 Å². The van der Waals surface area contributed by atoms with E-state index < -0.39 is 28.3 Å². The third-order valence-electron chi connectivity index (χ3n) is 4.03. The number of nitrogens with one attached hydrogen (secondary N) is 1. The van der Waals surface area contributed by atoms with Crippen molar-refractivity contribution in [3.8, 4) is 0 Å². The first kappa shape index (κ1) is 21.5. The van der Waals surface area contributed by atoms with Crippen molar-refractivity contribution in [1.29, 1.82) is 0 Å². The van der Waals surface area contributed by atoms with Crippen molar-refractivity contribution in [1.82, 2.24) is 5.43 Å². The van der Waals surface area contributed by atoms with Gasteiger partial charge in [-0.05, 0) is 42.5 Å². The molecular weight excluding hydrogens is 429 g/mol. The van der Waals surface area contributed by atoms with Crippen LogP contribution in [0.15, 0.2) is 88.9 Å². The van der Waals surface area contributed by atoms with Crippen molar-refractivity contribution in [2.24, 2.45) is 5.10 Å². The van der Waals surface area contributed by atoms with Gasteiger partial charge in [0.2, 0.25) is 0 Å². The van der Waals surface area contributed by atoms with Gasteiger partial charge in [0.1, 0.15) is 12.4 Å². The number of nitrogens with zero attached hydrogens (tertiary/aromatic N) is 2. The third kappa shape index (κ3) is 5.22. The Morgan fingerprint density at radius 3 is 2.30 bits per heavy atom. The fraction of sp³-hybridized carbons (Fsp3) is 0.0476. The van der Waals surface area contributed by atoms with Gasteiger partial charge in [-0.2, -0.15) is 5.10 Å². The van der Waals surface area contributed by atoms with Crippen LogP contribution in [0.1, 0.15) is 5.56 Å². The molecule has 6 nitrogen and oxygen atoms in total. The SMILES string of the molecule is O=C(CN(c1ccc(F)cc1)S(=O)(=O)c1ccccc1)N/N=C\c1ccccc1Cl. The van der Waals surface area contributed by atoms with E-state index in [1.165, 1.54) is 30.5 Å². The maximum atomic E-state index is 13.3. The summed E-state index contributed by atoms with van der Waals surface area (Å²) in [7, 11) is -4.07. The first-order valence-corrected chi connectivity index (χ1v) is 10.6. The van der Waals surface area contributed by atoms with Crippen LogP contribution in [0.4, 0.5) is 10.1 Å². The van der Waals surface area contributed by atoms with E-state index >= 15 is 0 Å². The fourth-order valence-electron chi connectivity index (χ4n) is 2.56. The standard InChI is InChI=1S/C21H17ClFN3O3S/c22-20-9-5-4-6-16(20)14-24-25-21(27)15-26(18-12-10-17(23)11-13-18)30(28,29)19-7-2-1-3-8-19/h1-14H,15H2,(H,25,27)/b24-14-. The zero-order chi connectivity index (χ0) is 21.6. The highest BCUT2D eigenvalue weighted by Gasteiger charge is 2.27. The zero-order valence-electron chi connectivity index (χ0n) is 15.6. The smallest absolute Gasteiger partial charge is 0.264 e. The molecule has 0 unspecified atom stereocenters. The van der Waals surface area contributed by atoms with Crippen molar-refractivity contribution < 1.29 is 17.6 Å². The first-order valence-electron chi connectivity index (χ1n) is 8.78. The summed E-state index contributed by atoms with van der Waals surface area (Å²) in [6.45, 7) is -0.553. The normalized spacial score (nSPS) is 11.4. The molecule has 30 heavy (non-hydrogen) atoms. The number of amides is 1. The Morgan fingerprint density at radius 2 is 1.63 bits per heavy atom. The van der Waals surface area contributed by atoms with Crippen LogP contribution in [0.3, 0.4) is 0 Å². The molecule has 0 aliphatic heterocycles. The predicted octanol–water partition coefficient (Wildman–Crippen LogP) is 3.82. The molecule has 154 valence electrons. The largest absolute Gasteiger partial charge is 0.271 e. The molecule has 0 bridgehead atoms. The van der Waals surface area contributed by atoms with Gasteiger partial charge < -0.3 is 0 Å². The lowest BCUT2D eigenvalue weighted by atomic mass is 10.2. The summed E-state index contributed by atoms with van der Waals surface area (Å²) >= 11 is 6.02. The zero-order valence-corrected chi connectivity index (χ0v) is 17.1. The second-order valence-corrected chi connectivity index (χ2v) is 8.39. The molecule has 0 saturated carbocycles. The van der Waals surface area contributed by atoms with E-state index in [0.29, 0.717) is 10.6 Å². The van der Waals surface area contributed by atoms with Gasteiger partial charge in [-0.3, -0.25) is 9.10 Å². The lowest BCUT2D eigenvalue weighted by Gasteiger charge is -2.23. The van der Waals surface area contributed by atoms with Gasteiger partial charge in [0, 0.05) is 10.6 Å². The molecule has 0 aliphatic rings. The number of carbonyl (C=O) groups is 1. The van der Waals surface area contributed by atoms with Crippen LogP contribution in [0.5, 0.6) is 0 Å². The second kappa shape index (κ2) is 9.51. The molecule has 3 aromatic carbocycles. The van der Waals surface area contributed by atoms with Gasteiger partial charge in [0.15, 0.2) is 0 Å². The summed E-state index contributed by atoms with van der Waals surface area (Å²) in [5.74, 6) is -1.20. The van der Waals surface area contributed by atoms with E-state index in [1.54, 1.807) is 42.5 Å². The van der Waals surface area contributed by atoms with Crippen molar-refractivity contribution in [3.05, 3.63) is 95.3 Å². The monoisotopic (exact) mass is 445 g/mol. The highest BCUT2D eigenvalue weighted by molar-refractivity contribution is 7.92. The van der Waals surface area contributed by atoms with Crippen LogP contribution < -0.4 is 9.73 Å². The van der Waals surface area contributed by atoms with Gasteiger partial charge in [0.05, 0.1) is 16.8 Å². The quantitative estimate of drug-likeness (QED) is 0.443. The molecule has 0 radical (unpaired) electrons. The lowest BCUT2D eigenvalue weighted by Crippen LogP contribution is -2.39. The van der Waals surface area contributed by atoms with Gasteiger partial charge in [-0.1, -0.05) is 48.0 Å². The number of hydrogen-bond donors (Lipinski definition) is 1. The predicted molar refractivity (Wildman–Crippen MR) is 115 cm³/mol. The number of sulfonamides is 1. The van der Waals surface area contributed by atoms with Crippen molar-refractivity contribution >= 4 is 39.4 Å². The highest BCUT2D eigenvalue weighted by Crippen LogP contribution is 2.23. The van der Waals surface area contributed by atoms with Crippen LogP contribution in [0, 0.1) is 5.82 Å². The van der Waals surface area contributed by atoms with E-state index in [0.717, 1.165) is 16.4 Å². The van der Waals surface area contributed by atoms with Gasteiger partial charge in [0.25, 0.3) is 15.9 Å². The van der Waals surface area contributed by atoms with Crippen molar-refractivity contribution in [2.45, 2.75) is 4.90 Å². The number of hydrogen-bond acceptors (Lipinski definition) is 4. The highest BCUT2D eigenvalue weighted by atomic mass is 35.5. The number of hydrazone groups is 1. The maximum absolute atomic E-state index is 13.3. The lowest BCUT2D eigenvalue weighted by molar-refractivity contribution is -0.119. The average Bonchev–Trinajstić information content (AvgIpc) is 2.75. The minimum absolute atomic E-state index is 0.00157. The number of benzene rings is 3. The molecule has 0 saturated heterocycles. The third-order valence-corrected chi connectivity index (χ3v) is 6.16. The van der Waals surface area contributed by atoms with E-state index in [9.17, 15) is 17.6 Å². The second-order valence-electron chi connectivity index (χ2n) is 6.12. The summed E-state index contributed by atoms with van der Waals surface area (Å²) in [5, 5.41) is 4.28. The molecule has 0 fully saturated rings. The fourth-order valence-corrected chi connectivity index (χ4v) is 4.19. The van der Waals surface area contributed by atoms with E-state index in [-0.39, 0.29) is 10.6 Å². The molecule has 1 N–H and O–H groups in total. The summed E-state index contributed by atoms with van der Waals surface area (Å²) in [4.78, 5) is 12.4. The minimum atomic E-state index is -4.07. The molecule has 9 heteroatoms. The average molecular weight is 446 g/mol. The Hall–Kier alpha value is -3.23. The van der Waals surface area contributed by atoms with Crippen LogP contribution in [0.25, 0.3) is 0 Å². The summed E-state index contributed by atoms with van der Waals surface area (Å²) in [6.07, 6.45) is 1.36. The molecule has 0 atom stereocenters. The Labute approximate surface area is 178 Å². The van der Waals surface area contributed by atoms with E-state index in [1.807, 2.05) is 0 Å². The van der Waals surface area contributed by atoms with Crippen LogP contribution in [0.2, 0.25) is 5.02 Å². The summed E-state index contributed by atoms with van der Waals surface area (Å²) in [5.41, 5.74) is 3.02. The Bertz CT molecular complexity index is 1150.